The summed E-state index contributed by atoms with van der Waals surface area (Å²) < 4.78 is 12.9. The van der Waals surface area contributed by atoms with Gasteiger partial charge in [0.25, 0.3) is 11.8 Å². The Morgan fingerprint density at radius 2 is 1.78 bits per heavy atom. The highest BCUT2D eigenvalue weighted by Gasteiger charge is 2.24. The van der Waals surface area contributed by atoms with E-state index in [2.05, 4.69) is 5.32 Å². The molecule has 0 bridgehead atoms. The Labute approximate surface area is 137 Å². The lowest BCUT2D eigenvalue weighted by Crippen LogP contribution is -2.46. The second kappa shape index (κ2) is 6.91. The summed E-state index contributed by atoms with van der Waals surface area (Å²) in [4.78, 5) is 26.1. The number of hydrogen-bond donors (Lipinski definition) is 1. The Kier molecular flexibility index (Phi) is 4.71. The molecular weight excluding hydrogens is 315 g/mol. The molecule has 1 aromatic heterocycles. The Morgan fingerprint density at radius 3 is 2.39 bits per heavy atom. The van der Waals surface area contributed by atoms with Gasteiger partial charge in [0.2, 0.25) is 0 Å². The van der Waals surface area contributed by atoms with Crippen LogP contribution in [0.3, 0.4) is 0 Å². The third-order valence-corrected chi connectivity index (χ3v) is 4.68. The van der Waals surface area contributed by atoms with Gasteiger partial charge in [0.15, 0.2) is 0 Å². The molecule has 0 aliphatic carbocycles. The van der Waals surface area contributed by atoms with Crippen molar-refractivity contribution in [1.29, 1.82) is 0 Å². The number of benzene rings is 1. The van der Waals surface area contributed by atoms with Gasteiger partial charge in [-0.25, -0.2) is 4.39 Å². The van der Waals surface area contributed by atoms with E-state index in [1.807, 2.05) is 10.8 Å². The predicted octanol–water partition coefficient (Wildman–Crippen LogP) is 2.92. The number of carbonyl (C=O) groups is 2. The topological polar surface area (TPSA) is 49.4 Å². The van der Waals surface area contributed by atoms with Crippen LogP contribution in [0.15, 0.2) is 41.1 Å². The monoisotopic (exact) mass is 332 g/mol. The molecule has 2 amide bonds. The number of piperidine rings is 1. The summed E-state index contributed by atoms with van der Waals surface area (Å²) in [5.74, 6) is -0.501. The lowest BCUT2D eigenvalue weighted by atomic mass is 10.0. The van der Waals surface area contributed by atoms with Gasteiger partial charge in [-0.2, -0.15) is 11.3 Å². The molecule has 3 rings (SSSR count). The minimum atomic E-state index is -0.351. The number of nitrogens with zero attached hydrogens (tertiary/aromatic N) is 1. The first-order valence-corrected chi connectivity index (χ1v) is 8.45. The number of rotatable bonds is 3. The van der Waals surface area contributed by atoms with Crippen LogP contribution in [-0.4, -0.2) is 35.8 Å². The van der Waals surface area contributed by atoms with Gasteiger partial charge in [-0.1, -0.05) is 0 Å². The quantitative estimate of drug-likeness (QED) is 0.939. The van der Waals surface area contributed by atoms with E-state index in [4.69, 9.17) is 0 Å². The van der Waals surface area contributed by atoms with Gasteiger partial charge in [0, 0.05) is 35.6 Å². The predicted molar refractivity (Wildman–Crippen MR) is 87.1 cm³/mol. The molecule has 0 radical (unpaired) electrons. The summed E-state index contributed by atoms with van der Waals surface area (Å²) in [6.07, 6.45) is 1.45. The van der Waals surface area contributed by atoms with Crippen molar-refractivity contribution in [1.82, 2.24) is 10.2 Å². The van der Waals surface area contributed by atoms with Gasteiger partial charge in [0.05, 0.1) is 0 Å². The van der Waals surface area contributed by atoms with Crippen LogP contribution in [0.5, 0.6) is 0 Å². The largest absolute Gasteiger partial charge is 0.349 e. The fraction of sp³-hybridized carbons (Fsp3) is 0.294. The average Bonchev–Trinajstić information content (AvgIpc) is 3.10. The van der Waals surface area contributed by atoms with Crippen LogP contribution in [0.4, 0.5) is 4.39 Å². The normalized spacial score (nSPS) is 15.4. The average molecular weight is 332 g/mol. The summed E-state index contributed by atoms with van der Waals surface area (Å²) in [6, 6.07) is 7.47. The molecule has 0 spiro atoms. The molecule has 2 aromatic rings. The molecule has 1 aliphatic heterocycles. The van der Waals surface area contributed by atoms with Crippen molar-refractivity contribution in [2.75, 3.05) is 13.1 Å². The van der Waals surface area contributed by atoms with E-state index in [1.54, 1.807) is 11.0 Å². The third-order valence-electron chi connectivity index (χ3n) is 3.99. The van der Waals surface area contributed by atoms with Gasteiger partial charge >= 0.3 is 0 Å². The lowest BCUT2D eigenvalue weighted by molar-refractivity contribution is 0.0698. The lowest BCUT2D eigenvalue weighted by Gasteiger charge is -2.32. The number of amides is 2. The third kappa shape index (κ3) is 3.76. The summed E-state index contributed by atoms with van der Waals surface area (Å²) in [5.41, 5.74) is 1.17. The minimum Gasteiger partial charge on any atom is -0.349 e. The summed E-state index contributed by atoms with van der Waals surface area (Å²) in [7, 11) is 0. The van der Waals surface area contributed by atoms with Crippen molar-refractivity contribution in [2.24, 2.45) is 0 Å². The SMILES string of the molecule is O=C(NC1CCN(C(=O)c2ccc(F)cc2)CC1)c1ccsc1. The van der Waals surface area contributed by atoms with Crippen LogP contribution in [0.25, 0.3) is 0 Å². The van der Waals surface area contributed by atoms with E-state index in [0.29, 0.717) is 24.2 Å². The van der Waals surface area contributed by atoms with E-state index in [-0.39, 0.29) is 23.7 Å². The summed E-state index contributed by atoms with van der Waals surface area (Å²) >= 11 is 1.49. The Hall–Kier alpha value is -2.21. The van der Waals surface area contributed by atoms with Crippen molar-refractivity contribution >= 4 is 23.2 Å². The molecule has 6 heteroatoms. The molecule has 1 fully saturated rings. The number of likely N-dealkylation sites (tertiary alicyclic amines) is 1. The van der Waals surface area contributed by atoms with Crippen LogP contribution < -0.4 is 5.32 Å². The van der Waals surface area contributed by atoms with Crippen molar-refractivity contribution in [3.8, 4) is 0 Å². The zero-order valence-electron chi connectivity index (χ0n) is 12.5. The Morgan fingerprint density at radius 1 is 1.09 bits per heavy atom. The fourth-order valence-corrected chi connectivity index (χ4v) is 3.30. The molecular formula is C17H17FN2O2S. The molecule has 1 N–H and O–H groups in total. The molecule has 0 atom stereocenters. The van der Waals surface area contributed by atoms with Crippen LogP contribution in [-0.2, 0) is 0 Å². The molecule has 4 nitrogen and oxygen atoms in total. The summed E-state index contributed by atoms with van der Waals surface area (Å²) in [6.45, 7) is 1.18. The van der Waals surface area contributed by atoms with Crippen molar-refractivity contribution < 1.29 is 14.0 Å². The molecule has 120 valence electrons. The van der Waals surface area contributed by atoms with E-state index < -0.39 is 0 Å². The highest BCUT2D eigenvalue weighted by Crippen LogP contribution is 2.15. The maximum atomic E-state index is 12.9. The Balaban J connectivity index is 1.53. The highest BCUT2D eigenvalue weighted by atomic mass is 32.1. The van der Waals surface area contributed by atoms with Crippen LogP contribution in [0.1, 0.15) is 33.6 Å². The number of thiophene rings is 1. The van der Waals surface area contributed by atoms with E-state index in [9.17, 15) is 14.0 Å². The van der Waals surface area contributed by atoms with Gasteiger partial charge in [-0.05, 0) is 48.6 Å². The molecule has 0 unspecified atom stereocenters. The van der Waals surface area contributed by atoms with Crippen molar-refractivity contribution in [2.45, 2.75) is 18.9 Å². The van der Waals surface area contributed by atoms with Crippen LogP contribution >= 0.6 is 11.3 Å². The molecule has 0 saturated carbocycles. The number of nitrogens with one attached hydrogen (secondary N) is 1. The fourth-order valence-electron chi connectivity index (χ4n) is 2.66. The van der Waals surface area contributed by atoms with Crippen molar-refractivity contribution in [3.05, 3.63) is 58.0 Å². The minimum absolute atomic E-state index is 0.0606. The van der Waals surface area contributed by atoms with Gasteiger partial charge in [-0.15, -0.1) is 0 Å². The van der Waals surface area contributed by atoms with Crippen LogP contribution in [0, 0.1) is 5.82 Å². The highest BCUT2D eigenvalue weighted by molar-refractivity contribution is 7.08. The number of hydrogen-bond acceptors (Lipinski definition) is 3. The Bertz CT molecular complexity index is 677. The number of carbonyl (C=O) groups excluding carboxylic acids is 2. The van der Waals surface area contributed by atoms with Gasteiger partial charge < -0.3 is 10.2 Å². The summed E-state index contributed by atoms with van der Waals surface area (Å²) in [5, 5.41) is 6.70. The van der Waals surface area contributed by atoms with E-state index in [0.717, 1.165) is 12.8 Å². The second-order valence-electron chi connectivity index (χ2n) is 5.56. The zero-order chi connectivity index (χ0) is 16.2. The second-order valence-corrected chi connectivity index (χ2v) is 6.34. The van der Waals surface area contributed by atoms with Gasteiger partial charge in [-0.3, -0.25) is 9.59 Å². The van der Waals surface area contributed by atoms with Gasteiger partial charge in [0.1, 0.15) is 5.82 Å². The van der Waals surface area contributed by atoms with Crippen LogP contribution in [0.2, 0.25) is 0 Å². The van der Waals surface area contributed by atoms with E-state index in [1.165, 1.54) is 35.6 Å². The standard InChI is InChI=1S/C17H17FN2O2S/c18-14-3-1-12(2-4-14)17(22)20-8-5-15(6-9-20)19-16(21)13-7-10-23-11-13/h1-4,7,10-11,15H,5-6,8-9H2,(H,19,21). The molecule has 23 heavy (non-hydrogen) atoms. The van der Waals surface area contributed by atoms with Crippen molar-refractivity contribution in [3.63, 3.8) is 0 Å². The maximum Gasteiger partial charge on any atom is 0.253 e. The first-order valence-electron chi connectivity index (χ1n) is 7.51. The maximum absolute atomic E-state index is 12.9. The molecule has 1 saturated heterocycles. The first kappa shape index (κ1) is 15.7. The molecule has 1 aliphatic rings. The molecule has 1 aromatic carbocycles. The first-order chi connectivity index (χ1) is 11.1. The smallest absolute Gasteiger partial charge is 0.253 e. The number of halogens is 1. The molecule has 2 heterocycles. The van der Waals surface area contributed by atoms with E-state index >= 15 is 0 Å². The zero-order valence-corrected chi connectivity index (χ0v) is 13.3.